The fourth-order valence-electron chi connectivity index (χ4n) is 3.30. The number of hydrogen-bond acceptors (Lipinski definition) is 4. The fourth-order valence-corrected chi connectivity index (χ4v) is 3.61. The summed E-state index contributed by atoms with van der Waals surface area (Å²) in [4.78, 5) is 25.8. The summed E-state index contributed by atoms with van der Waals surface area (Å²) < 4.78 is 7.42. The standard InChI is InChI=1S/C24H19Cl2N3O3/c1-14-22(26)15(2)29(28-14)13-18-9-11-21(32-18)24(31)27-20-10-8-17(25)12-19(20)23(30)16-6-4-3-5-7-16/h3-12H,13H2,1-2H3,(H,27,31). The Hall–Kier alpha value is -3.35. The van der Waals surface area contributed by atoms with Gasteiger partial charge in [-0.05, 0) is 44.2 Å². The molecular weight excluding hydrogens is 449 g/mol. The predicted octanol–water partition coefficient (Wildman–Crippen LogP) is 5.93. The second-order valence-electron chi connectivity index (χ2n) is 7.25. The van der Waals surface area contributed by atoms with Gasteiger partial charge in [0.05, 0.1) is 28.6 Å². The van der Waals surface area contributed by atoms with Crippen LogP contribution in [0.5, 0.6) is 0 Å². The first-order valence-electron chi connectivity index (χ1n) is 9.82. The zero-order valence-corrected chi connectivity index (χ0v) is 18.9. The number of aromatic nitrogens is 2. The Bertz CT molecular complexity index is 1310. The molecule has 2 aromatic heterocycles. The lowest BCUT2D eigenvalue weighted by atomic mass is 10.0. The largest absolute Gasteiger partial charge is 0.454 e. The summed E-state index contributed by atoms with van der Waals surface area (Å²) in [5.41, 5.74) is 2.68. The summed E-state index contributed by atoms with van der Waals surface area (Å²) in [6.45, 7) is 4.03. The highest BCUT2D eigenvalue weighted by Gasteiger charge is 2.19. The van der Waals surface area contributed by atoms with Gasteiger partial charge in [0, 0.05) is 16.1 Å². The fraction of sp³-hybridized carbons (Fsp3) is 0.125. The van der Waals surface area contributed by atoms with Gasteiger partial charge in [-0.1, -0.05) is 53.5 Å². The summed E-state index contributed by atoms with van der Waals surface area (Å²) in [6, 6.07) is 16.8. The molecule has 0 bridgehead atoms. The zero-order chi connectivity index (χ0) is 22.8. The molecule has 1 amide bonds. The van der Waals surface area contributed by atoms with E-state index in [0.717, 1.165) is 11.4 Å². The number of carbonyl (C=O) groups is 2. The molecule has 1 N–H and O–H groups in total. The number of aryl methyl sites for hydroxylation is 1. The molecule has 4 rings (SSSR count). The van der Waals surface area contributed by atoms with Gasteiger partial charge in [-0.3, -0.25) is 14.3 Å². The molecule has 0 aliphatic rings. The minimum Gasteiger partial charge on any atom is -0.454 e. The molecule has 0 atom stereocenters. The van der Waals surface area contributed by atoms with Crippen molar-refractivity contribution in [2.24, 2.45) is 0 Å². The van der Waals surface area contributed by atoms with E-state index in [1.165, 1.54) is 6.07 Å². The Morgan fingerprint density at radius 1 is 1.03 bits per heavy atom. The highest BCUT2D eigenvalue weighted by atomic mass is 35.5. The lowest BCUT2D eigenvalue weighted by Crippen LogP contribution is -2.14. The van der Waals surface area contributed by atoms with Gasteiger partial charge in [-0.25, -0.2) is 0 Å². The quantitative estimate of drug-likeness (QED) is 0.356. The maximum atomic E-state index is 13.0. The van der Waals surface area contributed by atoms with Crippen molar-refractivity contribution in [3.05, 3.63) is 105 Å². The number of benzene rings is 2. The first kappa shape index (κ1) is 21.9. The van der Waals surface area contributed by atoms with E-state index in [1.54, 1.807) is 53.2 Å². The number of furan rings is 1. The lowest BCUT2D eigenvalue weighted by molar-refractivity contribution is 0.0994. The molecule has 0 fully saturated rings. The van der Waals surface area contributed by atoms with E-state index in [4.69, 9.17) is 27.6 Å². The average molecular weight is 468 g/mol. The number of hydrogen-bond donors (Lipinski definition) is 1. The highest BCUT2D eigenvalue weighted by Crippen LogP contribution is 2.25. The maximum absolute atomic E-state index is 13.0. The van der Waals surface area contributed by atoms with E-state index in [9.17, 15) is 9.59 Å². The van der Waals surface area contributed by atoms with Crippen molar-refractivity contribution in [3.63, 3.8) is 0 Å². The van der Waals surface area contributed by atoms with Crippen molar-refractivity contribution in [2.45, 2.75) is 20.4 Å². The van der Waals surface area contributed by atoms with E-state index < -0.39 is 5.91 Å². The lowest BCUT2D eigenvalue weighted by Gasteiger charge is -2.10. The van der Waals surface area contributed by atoms with Crippen molar-refractivity contribution in [2.75, 3.05) is 5.32 Å². The van der Waals surface area contributed by atoms with Crippen molar-refractivity contribution >= 4 is 40.6 Å². The molecule has 2 aromatic carbocycles. The normalized spacial score (nSPS) is 10.9. The molecule has 0 aliphatic heterocycles. The number of ketones is 1. The second kappa shape index (κ2) is 9.02. The molecule has 32 heavy (non-hydrogen) atoms. The Morgan fingerprint density at radius 3 is 2.47 bits per heavy atom. The van der Waals surface area contributed by atoms with Crippen LogP contribution in [0, 0.1) is 13.8 Å². The molecule has 0 spiro atoms. The van der Waals surface area contributed by atoms with Crippen LogP contribution in [0.25, 0.3) is 0 Å². The zero-order valence-electron chi connectivity index (χ0n) is 17.4. The number of nitrogens with one attached hydrogen (secondary N) is 1. The minimum absolute atomic E-state index is 0.112. The number of amides is 1. The maximum Gasteiger partial charge on any atom is 0.291 e. The monoisotopic (exact) mass is 467 g/mol. The third-order valence-electron chi connectivity index (χ3n) is 4.99. The van der Waals surface area contributed by atoms with Crippen molar-refractivity contribution in [3.8, 4) is 0 Å². The molecule has 4 aromatic rings. The van der Waals surface area contributed by atoms with Crippen LogP contribution in [0.15, 0.2) is 65.1 Å². The van der Waals surface area contributed by atoms with Gasteiger partial charge >= 0.3 is 0 Å². The number of anilines is 1. The molecule has 0 saturated carbocycles. The summed E-state index contributed by atoms with van der Waals surface area (Å²) in [5, 5.41) is 8.12. The van der Waals surface area contributed by atoms with Crippen LogP contribution in [-0.4, -0.2) is 21.5 Å². The Balaban J connectivity index is 1.55. The smallest absolute Gasteiger partial charge is 0.291 e. The summed E-state index contributed by atoms with van der Waals surface area (Å²) in [5.74, 6) is -0.0631. The number of rotatable bonds is 6. The van der Waals surface area contributed by atoms with E-state index in [-0.39, 0.29) is 11.5 Å². The molecule has 8 heteroatoms. The molecule has 0 radical (unpaired) electrons. The minimum atomic E-state index is -0.480. The Labute approximate surface area is 194 Å². The summed E-state index contributed by atoms with van der Waals surface area (Å²) in [6.07, 6.45) is 0. The van der Waals surface area contributed by atoms with Crippen molar-refractivity contribution < 1.29 is 14.0 Å². The Kier molecular flexibility index (Phi) is 6.17. The third kappa shape index (κ3) is 4.47. The number of nitrogens with zero attached hydrogens (tertiary/aromatic N) is 2. The van der Waals surface area contributed by atoms with Gasteiger partial charge in [0.2, 0.25) is 0 Å². The molecule has 162 valence electrons. The topological polar surface area (TPSA) is 77.1 Å². The third-order valence-corrected chi connectivity index (χ3v) is 5.78. The highest BCUT2D eigenvalue weighted by molar-refractivity contribution is 6.32. The van der Waals surface area contributed by atoms with Crippen molar-refractivity contribution in [1.29, 1.82) is 0 Å². The molecule has 0 saturated heterocycles. The summed E-state index contributed by atoms with van der Waals surface area (Å²) >= 11 is 12.3. The molecule has 2 heterocycles. The van der Waals surface area contributed by atoms with Gasteiger partial charge in [-0.15, -0.1) is 0 Å². The first-order chi connectivity index (χ1) is 15.3. The molecule has 0 aliphatic carbocycles. The van der Waals surface area contributed by atoms with Crippen LogP contribution < -0.4 is 5.32 Å². The predicted molar refractivity (Wildman–Crippen MR) is 124 cm³/mol. The van der Waals surface area contributed by atoms with Gasteiger partial charge in [-0.2, -0.15) is 5.10 Å². The van der Waals surface area contributed by atoms with Crippen LogP contribution in [0.3, 0.4) is 0 Å². The van der Waals surface area contributed by atoms with Gasteiger partial charge < -0.3 is 9.73 Å². The van der Waals surface area contributed by atoms with Crippen LogP contribution in [0.1, 0.15) is 43.6 Å². The average Bonchev–Trinajstić information content (AvgIpc) is 3.36. The van der Waals surface area contributed by atoms with E-state index in [2.05, 4.69) is 10.4 Å². The van der Waals surface area contributed by atoms with Gasteiger partial charge in [0.15, 0.2) is 11.5 Å². The van der Waals surface area contributed by atoms with Crippen LogP contribution in [0.2, 0.25) is 10.0 Å². The Morgan fingerprint density at radius 2 is 1.78 bits per heavy atom. The van der Waals surface area contributed by atoms with E-state index in [0.29, 0.717) is 39.2 Å². The molecule has 6 nitrogen and oxygen atoms in total. The van der Waals surface area contributed by atoms with E-state index >= 15 is 0 Å². The van der Waals surface area contributed by atoms with Gasteiger partial charge in [0.25, 0.3) is 5.91 Å². The number of carbonyl (C=O) groups excluding carboxylic acids is 2. The van der Waals surface area contributed by atoms with Crippen LogP contribution in [0.4, 0.5) is 5.69 Å². The van der Waals surface area contributed by atoms with Crippen LogP contribution >= 0.6 is 23.2 Å². The first-order valence-corrected chi connectivity index (χ1v) is 10.6. The summed E-state index contributed by atoms with van der Waals surface area (Å²) in [7, 11) is 0. The van der Waals surface area contributed by atoms with Crippen molar-refractivity contribution in [1.82, 2.24) is 9.78 Å². The van der Waals surface area contributed by atoms with Crippen LogP contribution in [-0.2, 0) is 6.54 Å². The van der Waals surface area contributed by atoms with E-state index in [1.807, 2.05) is 19.9 Å². The SMILES string of the molecule is Cc1nn(Cc2ccc(C(=O)Nc3ccc(Cl)cc3C(=O)c3ccccc3)o2)c(C)c1Cl. The molecular formula is C24H19Cl2N3O3. The van der Waals surface area contributed by atoms with Gasteiger partial charge in [0.1, 0.15) is 5.76 Å². The second-order valence-corrected chi connectivity index (χ2v) is 8.06. The number of halogens is 2. The molecule has 0 unspecified atom stereocenters.